The average Bonchev–Trinajstić information content (AvgIpc) is 2.62. The minimum absolute atomic E-state index is 0.122. The normalized spacial score (nSPS) is 17.3. The molecule has 0 aliphatic carbocycles. The van der Waals surface area contributed by atoms with Gasteiger partial charge in [0.1, 0.15) is 5.75 Å². The fourth-order valence-electron chi connectivity index (χ4n) is 1.55. The molecule has 19 heavy (non-hydrogen) atoms. The lowest BCUT2D eigenvalue weighted by Crippen LogP contribution is -2.27. The Bertz CT molecular complexity index is 598. The van der Waals surface area contributed by atoms with Gasteiger partial charge in [-0.1, -0.05) is 12.1 Å². The number of thioether (sulfide) groups is 1. The highest BCUT2D eigenvalue weighted by molar-refractivity contribution is 9.10. The molecule has 1 heterocycles. The lowest BCUT2D eigenvalue weighted by atomic mass is 10.2. The molecule has 2 rings (SSSR count). The Morgan fingerprint density at radius 3 is 2.79 bits per heavy atom. The number of carbonyl (C=O) groups is 2. The molecular formula is C13H10BrNO3S. The monoisotopic (exact) mass is 339 g/mol. The fourth-order valence-corrected chi connectivity index (χ4v) is 2.80. The largest absolute Gasteiger partial charge is 0.507 e. The molecule has 0 atom stereocenters. The Hall–Kier alpha value is -1.53. The van der Waals surface area contributed by atoms with Gasteiger partial charge in [0.05, 0.1) is 9.38 Å². The third-order valence-corrected chi connectivity index (χ3v) is 4.00. The maximum Gasteiger partial charge on any atom is 0.293 e. The molecule has 0 aromatic heterocycles. The van der Waals surface area contributed by atoms with Crippen LogP contribution < -0.4 is 0 Å². The summed E-state index contributed by atoms with van der Waals surface area (Å²) >= 11 is 4.10. The second-order valence-electron chi connectivity index (χ2n) is 3.79. The summed E-state index contributed by atoms with van der Waals surface area (Å²) in [6.45, 7) is 3.72. The number of hydrogen-bond donors (Lipinski definition) is 1. The van der Waals surface area contributed by atoms with E-state index in [1.807, 2.05) is 0 Å². The quantitative estimate of drug-likeness (QED) is 0.677. The van der Waals surface area contributed by atoms with E-state index in [-0.39, 0.29) is 23.4 Å². The first-order valence-corrected chi connectivity index (χ1v) is 6.98. The highest BCUT2D eigenvalue weighted by Gasteiger charge is 2.33. The second-order valence-corrected chi connectivity index (χ2v) is 5.64. The summed E-state index contributed by atoms with van der Waals surface area (Å²) in [5, 5.41) is 9.10. The Morgan fingerprint density at radius 1 is 1.42 bits per heavy atom. The van der Waals surface area contributed by atoms with E-state index in [1.54, 1.807) is 18.2 Å². The number of imide groups is 1. The molecule has 1 saturated heterocycles. The molecular weight excluding hydrogens is 330 g/mol. The molecule has 6 heteroatoms. The molecule has 0 spiro atoms. The summed E-state index contributed by atoms with van der Waals surface area (Å²) < 4.78 is 0.534. The predicted octanol–water partition coefficient (Wildman–Crippen LogP) is 3.38. The lowest BCUT2D eigenvalue weighted by molar-refractivity contribution is -0.122. The number of hydrogen-bond acceptors (Lipinski definition) is 4. The van der Waals surface area contributed by atoms with E-state index >= 15 is 0 Å². The SMILES string of the molecule is C=CCN1C(=O)SC(=Cc2ccc(O)c(Br)c2)C1=O. The van der Waals surface area contributed by atoms with Gasteiger partial charge in [0, 0.05) is 6.54 Å². The van der Waals surface area contributed by atoms with Crippen LogP contribution in [0.3, 0.4) is 0 Å². The van der Waals surface area contributed by atoms with Crippen LogP contribution in [0.4, 0.5) is 4.79 Å². The van der Waals surface area contributed by atoms with Crippen LogP contribution in [0.25, 0.3) is 6.08 Å². The molecule has 0 unspecified atom stereocenters. The summed E-state index contributed by atoms with van der Waals surface area (Å²) in [7, 11) is 0. The topological polar surface area (TPSA) is 57.6 Å². The van der Waals surface area contributed by atoms with Gasteiger partial charge in [0.25, 0.3) is 11.1 Å². The second kappa shape index (κ2) is 5.63. The number of rotatable bonds is 3. The van der Waals surface area contributed by atoms with Crippen LogP contribution >= 0.6 is 27.7 Å². The molecule has 1 fully saturated rings. The number of phenolic OH excluding ortho intramolecular Hbond substituents is 1. The Morgan fingerprint density at radius 2 is 2.16 bits per heavy atom. The van der Waals surface area contributed by atoms with Crippen LogP contribution in [0.5, 0.6) is 5.75 Å². The molecule has 0 radical (unpaired) electrons. The molecule has 2 amide bonds. The van der Waals surface area contributed by atoms with Gasteiger partial charge in [-0.3, -0.25) is 14.5 Å². The number of phenols is 1. The molecule has 98 valence electrons. The highest BCUT2D eigenvalue weighted by Crippen LogP contribution is 2.33. The summed E-state index contributed by atoms with van der Waals surface area (Å²) in [5.74, 6) is -0.198. The molecule has 4 nitrogen and oxygen atoms in total. The first-order chi connectivity index (χ1) is 9.02. The van der Waals surface area contributed by atoms with Gasteiger partial charge in [-0.2, -0.15) is 0 Å². The van der Waals surface area contributed by atoms with E-state index in [9.17, 15) is 14.7 Å². The van der Waals surface area contributed by atoms with Crippen LogP contribution in [-0.2, 0) is 4.79 Å². The Kier molecular flexibility index (Phi) is 4.11. The molecule has 0 bridgehead atoms. The van der Waals surface area contributed by atoms with Crippen molar-refractivity contribution in [2.24, 2.45) is 0 Å². The van der Waals surface area contributed by atoms with E-state index in [2.05, 4.69) is 22.5 Å². The minimum atomic E-state index is -0.320. The third kappa shape index (κ3) is 2.90. The van der Waals surface area contributed by atoms with E-state index < -0.39 is 0 Å². The van der Waals surface area contributed by atoms with Crippen molar-refractivity contribution < 1.29 is 14.7 Å². The van der Waals surface area contributed by atoms with Gasteiger partial charge in [-0.15, -0.1) is 6.58 Å². The molecule has 1 N–H and O–H groups in total. The van der Waals surface area contributed by atoms with Crippen molar-refractivity contribution in [3.8, 4) is 5.75 Å². The zero-order chi connectivity index (χ0) is 14.0. The van der Waals surface area contributed by atoms with Gasteiger partial charge >= 0.3 is 0 Å². The van der Waals surface area contributed by atoms with E-state index in [4.69, 9.17) is 0 Å². The van der Waals surface area contributed by atoms with Gasteiger partial charge in [-0.05, 0) is 51.5 Å². The van der Waals surface area contributed by atoms with Crippen LogP contribution in [0.1, 0.15) is 5.56 Å². The average molecular weight is 340 g/mol. The van der Waals surface area contributed by atoms with E-state index in [0.29, 0.717) is 9.38 Å². The van der Waals surface area contributed by atoms with Crippen molar-refractivity contribution in [2.45, 2.75) is 0 Å². The molecule has 0 saturated carbocycles. The summed E-state index contributed by atoms with van der Waals surface area (Å²) in [4.78, 5) is 25.1. The van der Waals surface area contributed by atoms with Crippen LogP contribution in [0.2, 0.25) is 0 Å². The number of nitrogens with zero attached hydrogens (tertiary/aromatic N) is 1. The number of aromatic hydroxyl groups is 1. The summed E-state index contributed by atoms with van der Waals surface area (Å²) in [6.07, 6.45) is 3.13. The third-order valence-electron chi connectivity index (χ3n) is 2.45. The number of benzene rings is 1. The van der Waals surface area contributed by atoms with Crippen LogP contribution in [-0.4, -0.2) is 27.7 Å². The van der Waals surface area contributed by atoms with Crippen molar-refractivity contribution in [3.05, 3.63) is 45.8 Å². The molecule has 1 aliphatic heterocycles. The molecule has 1 aromatic rings. The summed E-state index contributed by atoms with van der Waals surface area (Å²) in [6, 6.07) is 4.86. The number of carbonyl (C=O) groups excluding carboxylic acids is 2. The van der Waals surface area contributed by atoms with Gasteiger partial charge in [0.15, 0.2) is 0 Å². The van der Waals surface area contributed by atoms with Gasteiger partial charge in [-0.25, -0.2) is 0 Å². The first kappa shape index (κ1) is 13.9. The maximum absolute atomic E-state index is 12.0. The Balaban J connectivity index is 2.29. The zero-order valence-corrected chi connectivity index (χ0v) is 12.2. The van der Waals surface area contributed by atoms with Crippen LogP contribution in [0, 0.1) is 0 Å². The van der Waals surface area contributed by atoms with Crippen molar-refractivity contribution >= 4 is 44.9 Å². The maximum atomic E-state index is 12.0. The van der Waals surface area contributed by atoms with Crippen molar-refractivity contribution in [1.29, 1.82) is 0 Å². The Labute approximate surface area is 122 Å². The number of halogens is 1. The van der Waals surface area contributed by atoms with Gasteiger partial charge < -0.3 is 5.11 Å². The predicted molar refractivity (Wildman–Crippen MR) is 78.7 cm³/mol. The first-order valence-electron chi connectivity index (χ1n) is 5.37. The molecule has 1 aliphatic rings. The van der Waals surface area contributed by atoms with Crippen molar-refractivity contribution in [1.82, 2.24) is 4.90 Å². The number of amides is 2. The summed E-state index contributed by atoms with van der Waals surface area (Å²) in [5.41, 5.74) is 0.730. The standard InChI is InChI=1S/C13H10BrNO3S/c1-2-5-15-12(17)11(19-13(15)18)7-8-3-4-10(16)9(14)6-8/h2-4,6-7,16H,1,5H2. The van der Waals surface area contributed by atoms with E-state index in [0.717, 1.165) is 22.2 Å². The zero-order valence-electron chi connectivity index (χ0n) is 9.80. The van der Waals surface area contributed by atoms with E-state index in [1.165, 1.54) is 12.1 Å². The molecule has 1 aromatic carbocycles. The smallest absolute Gasteiger partial charge is 0.293 e. The van der Waals surface area contributed by atoms with Crippen molar-refractivity contribution in [3.63, 3.8) is 0 Å². The van der Waals surface area contributed by atoms with Crippen molar-refractivity contribution in [2.75, 3.05) is 6.54 Å². The minimum Gasteiger partial charge on any atom is -0.507 e. The lowest BCUT2D eigenvalue weighted by Gasteiger charge is -2.07. The van der Waals surface area contributed by atoms with Gasteiger partial charge in [0.2, 0.25) is 0 Å². The highest BCUT2D eigenvalue weighted by atomic mass is 79.9. The van der Waals surface area contributed by atoms with Crippen LogP contribution in [0.15, 0.2) is 40.2 Å². The fraction of sp³-hybridized carbons (Fsp3) is 0.0769.